The standard InChI is InChI=1S/C32H35N3O7/c1-35-23(20-22-10-3-2-4-11-22)21-42-28-15-8-5-12-24(28)30(37)33-18-9-19-41-27-14-7-6-13-25(27)31(38)34-26(32(39)40)16-17-29(35)36/h2-8,10-15,23,26H,9,16-21H2,1H3,(H,33,37)(H,34,38)(H,39,40)/t23-,26-/m0/s1. The van der Waals surface area contributed by atoms with Crippen molar-refractivity contribution in [3.63, 3.8) is 0 Å². The van der Waals surface area contributed by atoms with Gasteiger partial charge in [0.1, 0.15) is 24.1 Å². The van der Waals surface area contributed by atoms with E-state index in [0.717, 1.165) is 5.56 Å². The molecule has 0 fully saturated rings. The maximum atomic E-state index is 13.3. The number of rotatable bonds is 3. The highest BCUT2D eigenvalue weighted by Crippen LogP contribution is 2.21. The number of carboxylic acids is 1. The lowest BCUT2D eigenvalue weighted by Gasteiger charge is -2.29. The summed E-state index contributed by atoms with van der Waals surface area (Å²) in [5, 5.41) is 15.2. The first-order valence-corrected chi connectivity index (χ1v) is 13.9. The Morgan fingerprint density at radius 2 is 1.50 bits per heavy atom. The van der Waals surface area contributed by atoms with Crippen LogP contribution < -0.4 is 20.1 Å². The van der Waals surface area contributed by atoms with Gasteiger partial charge in [-0.15, -0.1) is 0 Å². The molecule has 10 nitrogen and oxygen atoms in total. The Morgan fingerprint density at radius 3 is 2.19 bits per heavy atom. The molecular weight excluding hydrogens is 538 g/mol. The van der Waals surface area contributed by atoms with Gasteiger partial charge in [0, 0.05) is 20.0 Å². The van der Waals surface area contributed by atoms with E-state index in [1.165, 1.54) is 4.90 Å². The SMILES string of the molecule is CN1C(=O)CC[C@@H](C(=O)O)NC(=O)c2ccccc2OCCCNC(=O)c2ccccc2OC[C@@H]1Cc1ccccc1. The fourth-order valence-electron chi connectivity index (χ4n) is 4.63. The molecule has 0 bridgehead atoms. The minimum absolute atomic E-state index is 0.102. The first-order valence-electron chi connectivity index (χ1n) is 13.9. The monoisotopic (exact) mass is 573 g/mol. The molecule has 220 valence electrons. The van der Waals surface area contributed by atoms with Crippen molar-refractivity contribution in [2.75, 3.05) is 26.8 Å². The van der Waals surface area contributed by atoms with E-state index in [2.05, 4.69) is 10.6 Å². The number of hydrogen-bond acceptors (Lipinski definition) is 6. The number of likely N-dealkylation sites (N-methyl/N-ethyl adjacent to an activating group) is 1. The number of aliphatic carboxylic acids is 1. The zero-order valence-corrected chi connectivity index (χ0v) is 23.5. The molecule has 1 aliphatic rings. The summed E-state index contributed by atoms with van der Waals surface area (Å²) in [5.41, 5.74) is 1.54. The van der Waals surface area contributed by atoms with Crippen LogP contribution in [0.4, 0.5) is 0 Å². The third kappa shape index (κ3) is 8.09. The number of hydrogen-bond donors (Lipinski definition) is 3. The van der Waals surface area contributed by atoms with E-state index >= 15 is 0 Å². The molecule has 1 aliphatic heterocycles. The summed E-state index contributed by atoms with van der Waals surface area (Å²) in [6.45, 7) is 0.634. The van der Waals surface area contributed by atoms with Crippen molar-refractivity contribution in [3.05, 3.63) is 95.6 Å². The molecule has 0 radical (unpaired) electrons. The molecule has 3 aromatic carbocycles. The second-order valence-corrected chi connectivity index (χ2v) is 10.0. The van der Waals surface area contributed by atoms with Crippen molar-refractivity contribution < 1.29 is 33.8 Å². The third-order valence-electron chi connectivity index (χ3n) is 7.06. The van der Waals surface area contributed by atoms with Crippen molar-refractivity contribution in [1.29, 1.82) is 0 Å². The Balaban J connectivity index is 1.61. The van der Waals surface area contributed by atoms with Gasteiger partial charge in [-0.2, -0.15) is 0 Å². The maximum absolute atomic E-state index is 13.3. The fraction of sp³-hybridized carbons (Fsp3) is 0.312. The molecule has 0 saturated heterocycles. The van der Waals surface area contributed by atoms with Crippen molar-refractivity contribution >= 4 is 23.7 Å². The van der Waals surface area contributed by atoms with E-state index in [9.17, 15) is 24.3 Å². The van der Waals surface area contributed by atoms with Crippen LogP contribution >= 0.6 is 0 Å². The molecule has 4 rings (SSSR count). The smallest absolute Gasteiger partial charge is 0.326 e. The molecule has 42 heavy (non-hydrogen) atoms. The lowest BCUT2D eigenvalue weighted by molar-refractivity contribution is -0.139. The number of carbonyl (C=O) groups excluding carboxylic acids is 3. The van der Waals surface area contributed by atoms with E-state index in [0.29, 0.717) is 30.7 Å². The van der Waals surface area contributed by atoms with Crippen molar-refractivity contribution in [1.82, 2.24) is 15.5 Å². The van der Waals surface area contributed by atoms with Crippen molar-refractivity contribution in [2.24, 2.45) is 0 Å². The van der Waals surface area contributed by atoms with Crippen LogP contribution in [0.25, 0.3) is 0 Å². The molecule has 0 aromatic heterocycles. The summed E-state index contributed by atoms with van der Waals surface area (Å²) in [4.78, 5) is 52.9. The van der Waals surface area contributed by atoms with Crippen LogP contribution in [0.15, 0.2) is 78.9 Å². The van der Waals surface area contributed by atoms with Crippen LogP contribution in [0.3, 0.4) is 0 Å². The Bertz CT molecular complexity index is 1400. The Morgan fingerprint density at radius 1 is 0.881 bits per heavy atom. The number of fused-ring (bicyclic) bond motifs is 2. The van der Waals surface area contributed by atoms with Crippen LogP contribution in [0.2, 0.25) is 0 Å². The molecule has 3 amide bonds. The lowest BCUT2D eigenvalue weighted by Crippen LogP contribution is -2.44. The predicted molar refractivity (Wildman–Crippen MR) is 156 cm³/mol. The van der Waals surface area contributed by atoms with Gasteiger partial charge in [0.05, 0.1) is 23.8 Å². The number of nitrogens with one attached hydrogen (secondary N) is 2. The highest BCUT2D eigenvalue weighted by molar-refractivity contribution is 5.99. The molecule has 0 aliphatic carbocycles. The van der Waals surface area contributed by atoms with E-state index in [1.807, 2.05) is 30.3 Å². The van der Waals surface area contributed by atoms with Crippen LogP contribution in [-0.4, -0.2) is 72.6 Å². The summed E-state index contributed by atoms with van der Waals surface area (Å²) in [5.74, 6) is -1.78. The topological polar surface area (TPSA) is 134 Å². The minimum Gasteiger partial charge on any atom is -0.493 e. The van der Waals surface area contributed by atoms with Gasteiger partial charge in [0.25, 0.3) is 11.8 Å². The Kier molecular flexibility index (Phi) is 10.5. The summed E-state index contributed by atoms with van der Waals surface area (Å²) >= 11 is 0. The van der Waals surface area contributed by atoms with Crippen LogP contribution in [0.5, 0.6) is 11.5 Å². The predicted octanol–water partition coefficient (Wildman–Crippen LogP) is 3.31. The Labute approximate surface area is 244 Å². The van der Waals surface area contributed by atoms with Gasteiger partial charge in [-0.05, 0) is 49.1 Å². The highest BCUT2D eigenvalue weighted by atomic mass is 16.5. The number of amides is 3. The van der Waals surface area contributed by atoms with Gasteiger partial charge in [0.2, 0.25) is 5.91 Å². The first-order chi connectivity index (χ1) is 20.3. The highest BCUT2D eigenvalue weighted by Gasteiger charge is 2.27. The van der Waals surface area contributed by atoms with Crippen LogP contribution in [-0.2, 0) is 16.0 Å². The molecule has 0 unspecified atom stereocenters. The van der Waals surface area contributed by atoms with Gasteiger partial charge < -0.3 is 30.1 Å². The normalized spacial score (nSPS) is 19.2. The van der Waals surface area contributed by atoms with Gasteiger partial charge in [-0.3, -0.25) is 14.4 Å². The molecule has 1 heterocycles. The molecule has 3 aromatic rings. The van der Waals surface area contributed by atoms with E-state index in [1.54, 1.807) is 55.6 Å². The van der Waals surface area contributed by atoms with E-state index in [4.69, 9.17) is 9.47 Å². The Hall–Kier alpha value is -4.86. The summed E-state index contributed by atoms with van der Waals surface area (Å²) in [6.07, 6.45) is 0.729. The number of para-hydroxylation sites is 2. The van der Waals surface area contributed by atoms with Crippen molar-refractivity contribution in [2.45, 2.75) is 37.8 Å². The quantitative estimate of drug-likeness (QED) is 0.438. The lowest BCUT2D eigenvalue weighted by atomic mass is 10.0. The zero-order valence-electron chi connectivity index (χ0n) is 23.5. The molecule has 0 saturated carbocycles. The average molecular weight is 574 g/mol. The number of benzene rings is 3. The second-order valence-electron chi connectivity index (χ2n) is 10.0. The van der Waals surface area contributed by atoms with Gasteiger partial charge in [-0.25, -0.2) is 4.79 Å². The molecule has 0 spiro atoms. The van der Waals surface area contributed by atoms with Crippen LogP contribution in [0.1, 0.15) is 45.5 Å². The first kappa shape index (κ1) is 30.1. The van der Waals surface area contributed by atoms with E-state index in [-0.39, 0.29) is 49.2 Å². The molecular formula is C32H35N3O7. The number of ether oxygens (including phenoxy) is 2. The summed E-state index contributed by atoms with van der Waals surface area (Å²) in [7, 11) is 1.64. The van der Waals surface area contributed by atoms with Gasteiger partial charge in [-0.1, -0.05) is 54.6 Å². The second kappa shape index (κ2) is 14.7. The number of nitrogens with zero attached hydrogens (tertiary/aromatic N) is 1. The van der Waals surface area contributed by atoms with Crippen LogP contribution in [0, 0.1) is 0 Å². The van der Waals surface area contributed by atoms with Gasteiger partial charge >= 0.3 is 5.97 Å². The zero-order chi connectivity index (χ0) is 29.9. The minimum atomic E-state index is -1.28. The average Bonchev–Trinajstić information content (AvgIpc) is 3.00. The summed E-state index contributed by atoms with van der Waals surface area (Å²) in [6, 6.07) is 21.4. The van der Waals surface area contributed by atoms with Crippen molar-refractivity contribution in [3.8, 4) is 11.5 Å². The number of carbonyl (C=O) groups is 4. The fourth-order valence-corrected chi connectivity index (χ4v) is 4.63. The largest absolute Gasteiger partial charge is 0.493 e. The number of carboxylic acid groups (broad SMARTS) is 1. The maximum Gasteiger partial charge on any atom is 0.326 e. The summed E-state index contributed by atoms with van der Waals surface area (Å²) < 4.78 is 11.9. The third-order valence-corrected chi connectivity index (χ3v) is 7.06. The molecule has 2 atom stereocenters. The molecule has 10 heteroatoms. The van der Waals surface area contributed by atoms with Gasteiger partial charge in [0.15, 0.2) is 0 Å². The molecule has 3 N–H and O–H groups in total. The van der Waals surface area contributed by atoms with E-state index < -0.39 is 24.0 Å².